The van der Waals surface area contributed by atoms with Crippen LogP contribution in [0.25, 0.3) is 0 Å². The van der Waals surface area contributed by atoms with Gasteiger partial charge in [0, 0.05) is 38.0 Å². The maximum atomic E-state index is 12.8. The first-order chi connectivity index (χ1) is 11.7. The van der Waals surface area contributed by atoms with Crippen molar-refractivity contribution in [3.63, 3.8) is 0 Å². The number of carbonyl (C=O) groups is 1. The third kappa shape index (κ3) is 4.18. The number of hydrogen-bond donors (Lipinski definition) is 2. The highest BCUT2D eigenvalue weighted by molar-refractivity contribution is 7.13. The SMILES string of the molecule is O=C1CC(C(F)F)NC(N2CCN(c3nc(C(F)(F)F)cs3)CC2)N1. The third-order valence-electron chi connectivity index (χ3n) is 4.11. The number of alkyl halides is 5. The van der Waals surface area contributed by atoms with E-state index in [2.05, 4.69) is 15.6 Å². The number of nitrogens with one attached hydrogen (secondary N) is 2. The zero-order chi connectivity index (χ0) is 18.2. The van der Waals surface area contributed by atoms with Gasteiger partial charge in [-0.25, -0.2) is 13.8 Å². The zero-order valence-corrected chi connectivity index (χ0v) is 13.7. The minimum atomic E-state index is -4.48. The number of piperazine rings is 1. The van der Waals surface area contributed by atoms with Crippen molar-refractivity contribution in [3.8, 4) is 0 Å². The molecule has 2 atom stereocenters. The Morgan fingerprint density at radius 2 is 1.92 bits per heavy atom. The zero-order valence-electron chi connectivity index (χ0n) is 12.9. The predicted molar refractivity (Wildman–Crippen MR) is 80.4 cm³/mol. The number of rotatable bonds is 3. The summed E-state index contributed by atoms with van der Waals surface area (Å²) in [4.78, 5) is 18.7. The third-order valence-corrected chi connectivity index (χ3v) is 5.01. The monoisotopic (exact) mass is 385 g/mol. The minimum Gasteiger partial charge on any atom is -0.346 e. The normalized spacial score (nSPS) is 26.2. The van der Waals surface area contributed by atoms with Crippen molar-refractivity contribution in [2.24, 2.45) is 0 Å². The number of nitrogens with zero attached hydrogens (tertiary/aromatic N) is 3. The van der Waals surface area contributed by atoms with E-state index in [-0.39, 0.29) is 11.6 Å². The summed E-state index contributed by atoms with van der Waals surface area (Å²) in [5.41, 5.74) is -0.920. The van der Waals surface area contributed by atoms with Gasteiger partial charge in [-0.2, -0.15) is 13.2 Å². The van der Waals surface area contributed by atoms with E-state index < -0.39 is 36.5 Å². The van der Waals surface area contributed by atoms with Gasteiger partial charge in [-0.1, -0.05) is 0 Å². The molecule has 25 heavy (non-hydrogen) atoms. The molecule has 3 rings (SSSR count). The molecule has 0 radical (unpaired) electrons. The van der Waals surface area contributed by atoms with Crippen LogP contribution in [0.3, 0.4) is 0 Å². The molecule has 12 heteroatoms. The number of halogens is 5. The van der Waals surface area contributed by atoms with E-state index in [1.807, 2.05) is 0 Å². The molecule has 2 saturated heterocycles. The van der Waals surface area contributed by atoms with Gasteiger partial charge in [-0.05, 0) is 0 Å². The van der Waals surface area contributed by atoms with Crippen LogP contribution in [0, 0.1) is 0 Å². The molecule has 2 aliphatic heterocycles. The quantitative estimate of drug-likeness (QED) is 0.769. The van der Waals surface area contributed by atoms with Crippen LogP contribution in [0.5, 0.6) is 0 Å². The van der Waals surface area contributed by atoms with Gasteiger partial charge in [0.15, 0.2) is 10.8 Å². The van der Waals surface area contributed by atoms with Gasteiger partial charge < -0.3 is 10.2 Å². The fraction of sp³-hybridized carbons (Fsp3) is 0.692. The van der Waals surface area contributed by atoms with Crippen molar-refractivity contribution < 1.29 is 26.7 Å². The van der Waals surface area contributed by atoms with Gasteiger partial charge in [-0.15, -0.1) is 11.3 Å². The highest BCUT2D eigenvalue weighted by Gasteiger charge is 2.37. The Morgan fingerprint density at radius 3 is 2.48 bits per heavy atom. The fourth-order valence-electron chi connectivity index (χ4n) is 2.78. The summed E-state index contributed by atoms with van der Waals surface area (Å²) in [5, 5.41) is 6.55. The molecule has 2 N–H and O–H groups in total. The average Bonchev–Trinajstić information content (AvgIpc) is 3.04. The Hall–Kier alpha value is -1.53. The molecular weight excluding hydrogens is 369 g/mol. The molecule has 1 aromatic heterocycles. The van der Waals surface area contributed by atoms with Gasteiger partial charge in [0.25, 0.3) is 6.43 Å². The van der Waals surface area contributed by atoms with Crippen LogP contribution in [0.1, 0.15) is 12.1 Å². The highest BCUT2D eigenvalue weighted by Crippen LogP contribution is 2.33. The standard InChI is InChI=1S/C13H16F5N5OS/c14-10(15)7-5-9(24)21-11(19-7)22-1-3-23(4-2-22)12-20-8(6-25-12)13(16,17)18/h6-7,10-11,19H,1-5H2,(H,21,24). The number of hydrogen-bond acceptors (Lipinski definition) is 6. The van der Waals surface area contributed by atoms with Gasteiger partial charge in [0.05, 0.1) is 6.04 Å². The summed E-state index contributed by atoms with van der Waals surface area (Å²) in [7, 11) is 0. The van der Waals surface area contributed by atoms with Crippen LogP contribution in [0.2, 0.25) is 0 Å². The molecule has 1 aromatic rings. The van der Waals surface area contributed by atoms with E-state index in [9.17, 15) is 26.7 Å². The van der Waals surface area contributed by atoms with Gasteiger partial charge >= 0.3 is 6.18 Å². The van der Waals surface area contributed by atoms with Gasteiger partial charge in [0.1, 0.15) is 6.29 Å². The van der Waals surface area contributed by atoms with Crippen LogP contribution in [0.15, 0.2) is 5.38 Å². The molecule has 140 valence electrons. The Bertz CT molecular complexity index is 616. The average molecular weight is 385 g/mol. The molecule has 1 amide bonds. The Morgan fingerprint density at radius 1 is 1.24 bits per heavy atom. The van der Waals surface area contributed by atoms with Crippen LogP contribution in [-0.2, 0) is 11.0 Å². The minimum absolute atomic E-state index is 0.276. The molecule has 0 aromatic carbocycles. The summed E-state index contributed by atoms with van der Waals surface area (Å²) in [6.45, 7) is 1.57. The van der Waals surface area contributed by atoms with Crippen molar-refractivity contribution in [1.82, 2.24) is 20.5 Å². The number of thiazole rings is 1. The lowest BCUT2D eigenvalue weighted by molar-refractivity contribution is -0.140. The van der Waals surface area contributed by atoms with E-state index in [0.717, 1.165) is 16.7 Å². The van der Waals surface area contributed by atoms with E-state index in [1.165, 1.54) is 0 Å². The first-order valence-corrected chi connectivity index (χ1v) is 8.47. The molecule has 3 heterocycles. The second kappa shape index (κ2) is 7.00. The van der Waals surface area contributed by atoms with E-state index >= 15 is 0 Å². The van der Waals surface area contributed by atoms with Crippen molar-refractivity contribution in [3.05, 3.63) is 11.1 Å². The van der Waals surface area contributed by atoms with Crippen molar-refractivity contribution in [2.75, 3.05) is 31.1 Å². The number of aromatic nitrogens is 1. The van der Waals surface area contributed by atoms with Crippen LogP contribution < -0.4 is 15.5 Å². The second-order valence-electron chi connectivity index (χ2n) is 5.82. The van der Waals surface area contributed by atoms with Gasteiger partial charge in [-0.3, -0.25) is 15.0 Å². The molecule has 6 nitrogen and oxygen atoms in total. The molecule has 2 aliphatic rings. The Balaban J connectivity index is 1.58. The van der Waals surface area contributed by atoms with Crippen LogP contribution >= 0.6 is 11.3 Å². The summed E-state index contributed by atoms with van der Waals surface area (Å²) in [6, 6.07) is -1.20. The van der Waals surface area contributed by atoms with Crippen LogP contribution in [-0.4, -0.2) is 60.7 Å². The number of anilines is 1. The number of carbonyl (C=O) groups excluding carboxylic acids is 1. The summed E-state index contributed by atoms with van der Waals surface area (Å²) < 4.78 is 63.6. The lowest BCUT2D eigenvalue weighted by Crippen LogP contribution is -2.67. The lowest BCUT2D eigenvalue weighted by atomic mass is 10.1. The summed E-state index contributed by atoms with van der Waals surface area (Å²) in [5.74, 6) is -0.453. The fourth-order valence-corrected chi connectivity index (χ4v) is 3.67. The second-order valence-corrected chi connectivity index (χ2v) is 6.65. The predicted octanol–water partition coefficient (Wildman–Crippen LogP) is 1.31. The van der Waals surface area contributed by atoms with Crippen molar-refractivity contribution >= 4 is 22.4 Å². The molecule has 0 bridgehead atoms. The molecule has 2 fully saturated rings. The first kappa shape index (κ1) is 18.3. The molecule has 0 spiro atoms. The lowest BCUT2D eigenvalue weighted by Gasteiger charge is -2.42. The summed E-state index contributed by atoms with van der Waals surface area (Å²) >= 11 is 0.916. The molecule has 2 unspecified atom stereocenters. The summed E-state index contributed by atoms with van der Waals surface area (Å²) in [6.07, 6.45) is -8.11. The number of amides is 1. The van der Waals surface area contributed by atoms with E-state index in [0.29, 0.717) is 26.2 Å². The topological polar surface area (TPSA) is 60.5 Å². The molecule has 0 aliphatic carbocycles. The smallest absolute Gasteiger partial charge is 0.346 e. The largest absolute Gasteiger partial charge is 0.434 e. The Labute approximate surface area is 144 Å². The molecular formula is C13H16F5N5OS. The molecule has 0 saturated carbocycles. The van der Waals surface area contributed by atoms with E-state index in [1.54, 1.807) is 9.80 Å². The van der Waals surface area contributed by atoms with Gasteiger partial charge in [0.2, 0.25) is 5.91 Å². The van der Waals surface area contributed by atoms with Crippen LogP contribution in [0.4, 0.5) is 27.1 Å². The maximum absolute atomic E-state index is 12.8. The maximum Gasteiger partial charge on any atom is 0.434 e. The highest BCUT2D eigenvalue weighted by atomic mass is 32.1. The van der Waals surface area contributed by atoms with Crippen molar-refractivity contribution in [2.45, 2.75) is 31.4 Å². The van der Waals surface area contributed by atoms with Crippen molar-refractivity contribution in [1.29, 1.82) is 0 Å². The Kier molecular flexibility index (Phi) is 5.11. The first-order valence-electron chi connectivity index (χ1n) is 7.59. The van der Waals surface area contributed by atoms with E-state index in [4.69, 9.17) is 0 Å².